The standard InChI is InChI=1S/C23H20F3N5O2/c1-14-8-22(9-14,20-28-27-13-29(20)2)16-4-3-5-17(7-16)30-11-19-18(23(24,25)26)6-15(12-32)10-31(19)21(30)33/h3-7,10-14H,8-9H2,1-2H3. The van der Waals surface area contributed by atoms with Crippen LogP contribution in [-0.4, -0.2) is 30.0 Å². The quantitative estimate of drug-likeness (QED) is 0.439. The molecule has 0 spiro atoms. The molecule has 0 unspecified atom stereocenters. The highest BCUT2D eigenvalue weighted by Gasteiger charge is 2.48. The molecule has 5 rings (SSSR count). The zero-order valence-corrected chi connectivity index (χ0v) is 17.9. The maximum absolute atomic E-state index is 13.6. The highest BCUT2D eigenvalue weighted by Crippen LogP contribution is 2.51. The SMILES string of the molecule is CC1CC(c2cccc(-n3cc4c(C(F)(F)F)cc(C=O)cn4c3=O)c2)(c2nncn2C)C1. The maximum Gasteiger partial charge on any atom is 0.418 e. The third kappa shape index (κ3) is 3.20. The van der Waals surface area contributed by atoms with Gasteiger partial charge in [0.1, 0.15) is 12.2 Å². The lowest BCUT2D eigenvalue weighted by atomic mass is 9.58. The summed E-state index contributed by atoms with van der Waals surface area (Å²) < 4.78 is 44.8. The highest BCUT2D eigenvalue weighted by molar-refractivity contribution is 5.77. The Morgan fingerprint density at radius 2 is 1.94 bits per heavy atom. The number of halogens is 3. The summed E-state index contributed by atoms with van der Waals surface area (Å²) in [5.74, 6) is 1.28. The number of aryl methyl sites for hydroxylation is 1. The fraction of sp³-hybridized carbons (Fsp3) is 0.304. The predicted molar refractivity (Wildman–Crippen MR) is 114 cm³/mol. The molecule has 0 radical (unpaired) electrons. The van der Waals surface area contributed by atoms with Crippen molar-refractivity contribution in [3.05, 3.63) is 82.1 Å². The second kappa shape index (κ2) is 7.16. The van der Waals surface area contributed by atoms with E-state index in [-0.39, 0.29) is 16.5 Å². The first-order valence-corrected chi connectivity index (χ1v) is 10.4. The molecule has 0 amide bonds. The van der Waals surface area contributed by atoms with Gasteiger partial charge >= 0.3 is 11.9 Å². The maximum atomic E-state index is 13.6. The van der Waals surface area contributed by atoms with Crippen LogP contribution in [0, 0.1) is 5.92 Å². The molecule has 1 aromatic carbocycles. The molecule has 1 saturated carbocycles. The molecule has 3 heterocycles. The van der Waals surface area contributed by atoms with Gasteiger partial charge in [0.25, 0.3) is 0 Å². The molecule has 0 saturated heterocycles. The Morgan fingerprint density at radius 1 is 1.18 bits per heavy atom. The van der Waals surface area contributed by atoms with Gasteiger partial charge in [0.2, 0.25) is 0 Å². The molecule has 1 aliphatic carbocycles. The van der Waals surface area contributed by atoms with E-state index in [1.165, 1.54) is 4.57 Å². The summed E-state index contributed by atoms with van der Waals surface area (Å²) in [7, 11) is 1.87. The minimum absolute atomic E-state index is 0.229. The lowest BCUT2D eigenvalue weighted by Crippen LogP contribution is -2.43. The second-order valence-corrected chi connectivity index (χ2v) is 8.75. The van der Waals surface area contributed by atoms with E-state index in [1.807, 2.05) is 23.7 Å². The van der Waals surface area contributed by atoms with Crippen LogP contribution in [0.15, 0.2) is 53.8 Å². The third-order valence-electron chi connectivity index (χ3n) is 6.44. The van der Waals surface area contributed by atoms with Crippen LogP contribution >= 0.6 is 0 Å². The first-order valence-electron chi connectivity index (χ1n) is 10.4. The van der Waals surface area contributed by atoms with Crippen molar-refractivity contribution in [2.45, 2.75) is 31.4 Å². The van der Waals surface area contributed by atoms with Crippen molar-refractivity contribution < 1.29 is 18.0 Å². The number of hydrogen-bond acceptors (Lipinski definition) is 4. The predicted octanol–water partition coefficient (Wildman–Crippen LogP) is 3.77. The van der Waals surface area contributed by atoms with Crippen LogP contribution in [0.1, 0.15) is 47.1 Å². The first kappa shape index (κ1) is 21.2. The van der Waals surface area contributed by atoms with Gasteiger partial charge in [-0.05, 0) is 42.5 Å². The van der Waals surface area contributed by atoms with E-state index < -0.39 is 17.4 Å². The molecule has 0 aliphatic heterocycles. The van der Waals surface area contributed by atoms with Gasteiger partial charge in [0.15, 0.2) is 6.29 Å². The van der Waals surface area contributed by atoms with E-state index in [0.717, 1.165) is 47.1 Å². The number of aromatic nitrogens is 5. The third-order valence-corrected chi connectivity index (χ3v) is 6.44. The molecule has 0 atom stereocenters. The van der Waals surface area contributed by atoms with E-state index in [2.05, 4.69) is 17.1 Å². The topological polar surface area (TPSA) is 74.2 Å². The Balaban J connectivity index is 1.69. The molecule has 4 aromatic rings. The van der Waals surface area contributed by atoms with Crippen molar-refractivity contribution in [1.29, 1.82) is 0 Å². The van der Waals surface area contributed by atoms with Crippen molar-refractivity contribution >= 4 is 11.8 Å². The molecule has 7 nitrogen and oxygen atoms in total. The van der Waals surface area contributed by atoms with Gasteiger partial charge in [-0.2, -0.15) is 13.2 Å². The average Bonchev–Trinajstić information content (AvgIpc) is 3.33. The lowest BCUT2D eigenvalue weighted by molar-refractivity contribution is -0.136. The number of benzene rings is 1. The minimum atomic E-state index is -4.72. The highest BCUT2D eigenvalue weighted by atomic mass is 19.4. The summed E-state index contributed by atoms with van der Waals surface area (Å²) in [6.45, 7) is 2.15. The van der Waals surface area contributed by atoms with E-state index in [9.17, 15) is 22.8 Å². The fourth-order valence-electron chi connectivity index (χ4n) is 5.03. The Bertz CT molecular complexity index is 1440. The van der Waals surface area contributed by atoms with Crippen LogP contribution in [0.2, 0.25) is 0 Å². The van der Waals surface area contributed by atoms with Crippen molar-refractivity contribution in [3.8, 4) is 5.69 Å². The summed E-state index contributed by atoms with van der Waals surface area (Å²) in [6, 6.07) is 7.96. The van der Waals surface area contributed by atoms with Crippen LogP contribution in [0.25, 0.3) is 11.2 Å². The number of pyridine rings is 1. The van der Waals surface area contributed by atoms with E-state index in [0.29, 0.717) is 17.9 Å². The van der Waals surface area contributed by atoms with Gasteiger partial charge in [0.05, 0.1) is 22.2 Å². The van der Waals surface area contributed by atoms with Gasteiger partial charge < -0.3 is 4.57 Å². The van der Waals surface area contributed by atoms with E-state index in [1.54, 1.807) is 18.5 Å². The van der Waals surface area contributed by atoms with Crippen LogP contribution < -0.4 is 5.69 Å². The number of carbonyl (C=O) groups excluding carboxylic acids is 1. The number of rotatable bonds is 4. The number of nitrogens with zero attached hydrogens (tertiary/aromatic N) is 5. The van der Waals surface area contributed by atoms with Crippen molar-refractivity contribution in [2.75, 3.05) is 0 Å². The fourth-order valence-corrected chi connectivity index (χ4v) is 5.03. The summed E-state index contributed by atoms with van der Waals surface area (Å²) in [4.78, 5) is 24.2. The molecule has 1 fully saturated rings. The molecule has 170 valence electrons. The summed E-state index contributed by atoms with van der Waals surface area (Å²) in [5, 5.41) is 8.33. The summed E-state index contributed by atoms with van der Waals surface area (Å²) in [5.41, 5.74) is -1.31. The van der Waals surface area contributed by atoms with Crippen molar-refractivity contribution in [1.82, 2.24) is 23.7 Å². The Kier molecular flexibility index (Phi) is 4.59. The molecule has 33 heavy (non-hydrogen) atoms. The number of alkyl halides is 3. The molecular weight excluding hydrogens is 435 g/mol. The summed E-state index contributed by atoms with van der Waals surface area (Å²) in [6.07, 6.45) is 1.18. The Morgan fingerprint density at radius 3 is 2.55 bits per heavy atom. The van der Waals surface area contributed by atoms with Crippen molar-refractivity contribution in [3.63, 3.8) is 0 Å². The molecule has 0 bridgehead atoms. The monoisotopic (exact) mass is 455 g/mol. The average molecular weight is 455 g/mol. The molecule has 1 aliphatic rings. The normalized spacial score (nSPS) is 20.7. The van der Waals surface area contributed by atoms with E-state index in [4.69, 9.17) is 0 Å². The largest absolute Gasteiger partial charge is 0.418 e. The molecule has 0 N–H and O–H groups in total. The Hall–Kier alpha value is -3.69. The number of hydrogen-bond donors (Lipinski definition) is 0. The van der Waals surface area contributed by atoms with Crippen LogP contribution in [0.5, 0.6) is 0 Å². The van der Waals surface area contributed by atoms with Crippen molar-refractivity contribution in [2.24, 2.45) is 13.0 Å². The van der Waals surface area contributed by atoms with Gasteiger partial charge in [-0.15, -0.1) is 10.2 Å². The minimum Gasteiger partial charge on any atom is -0.320 e. The van der Waals surface area contributed by atoms with Crippen LogP contribution in [0.3, 0.4) is 0 Å². The second-order valence-electron chi connectivity index (χ2n) is 8.75. The number of aldehydes is 1. The van der Waals surface area contributed by atoms with Gasteiger partial charge in [-0.3, -0.25) is 13.8 Å². The lowest BCUT2D eigenvalue weighted by Gasteiger charge is -2.46. The molecule has 3 aromatic heterocycles. The zero-order valence-electron chi connectivity index (χ0n) is 17.9. The zero-order chi connectivity index (χ0) is 23.5. The number of imidazole rings is 1. The summed E-state index contributed by atoms with van der Waals surface area (Å²) >= 11 is 0. The van der Waals surface area contributed by atoms with Crippen LogP contribution in [0.4, 0.5) is 13.2 Å². The molecule has 10 heteroatoms. The number of carbonyl (C=O) groups is 1. The smallest absolute Gasteiger partial charge is 0.320 e. The molecular formula is C23H20F3N5O2. The van der Waals surface area contributed by atoms with Gasteiger partial charge in [-0.1, -0.05) is 19.1 Å². The first-order chi connectivity index (χ1) is 15.6. The van der Waals surface area contributed by atoms with E-state index >= 15 is 0 Å². The number of fused-ring (bicyclic) bond motifs is 1. The van der Waals surface area contributed by atoms with Crippen LogP contribution in [-0.2, 0) is 18.6 Å². The van der Waals surface area contributed by atoms with Gasteiger partial charge in [0, 0.05) is 25.0 Å². The van der Waals surface area contributed by atoms with Gasteiger partial charge in [-0.25, -0.2) is 4.79 Å². The Labute approximate surface area is 186 Å².